The van der Waals surface area contributed by atoms with Crippen molar-refractivity contribution >= 4 is 5.91 Å². The maximum absolute atomic E-state index is 11.3. The molecule has 0 aromatic heterocycles. The van der Waals surface area contributed by atoms with E-state index in [2.05, 4.69) is 39.4 Å². The number of rotatable bonds is 5. The SMILES string of the molecule is CC(=O)NCC1CN(C(c2ccccc2)N2CCCCC2)CC(O)C1O. The lowest BCUT2D eigenvalue weighted by Gasteiger charge is -2.47. The third kappa shape index (κ3) is 4.62. The molecule has 0 bridgehead atoms. The minimum absolute atomic E-state index is 0.0958. The number of aliphatic hydroxyl groups excluding tert-OH is 2. The number of likely N-dealkylation sites (tertiary alicyclic amines) is 2. The van der Waals surface area contributed by atoms with Crippen molar-refractivity contribution in [3.8, 4) is 0 Å². The van der Waals surface area contributed by atoms with Gasteiger partial charge in [0.25, 0.3) is 0 Å². The molecule has 2 fully saturated rings. The molecule has 0 aliphatic carbocycles. The summed E-state index contributed by atoms with van der Waals surface area (Å²) < 4.78 is 0. The van der Waals surface area contributed by atoms with Crippen LogP contribution in [0.5, 0.6) is 0 Å². The number of amides is 1. The van der Waals surface area contributed by atoms with E-state index in [1.807, 2.05) is 6.07 Å². The van der Waals surface area contributed by atoms with Gasteiger partial charge in [0.05, 0.1) is 18.4 Å². The standard InChI is InChI=1S/C20H31N3O3/c1-15(24)21-12-17-13-23(14-18(25)19(17)26)20(16-8-4-2-5-9-16)22-10-6-3-7-11-22/h2,4-5,8-9,17-20,25-26H,3,6-7,10-14H2,1H3,(H,21,24). The molecule has 0 spiro atoms. The number of hydrogen-bond donors (Lipinski definition) is 3. The minimum Gasteiger partial charge on any atom is -0.390 e. The first-order valence-electron chi connectivity index (χ1n) is 9.70. The molecule has 2 aliphatic heterocycles. The van der Waals surface area contributed by atoms with Crippen molar-refractivity contribution in [2.75, 3.05) is 32.7 Å². The third-order valence-corrected chi connectivity index (χ3v) is 5.56. The highest BCUT2D eigenvalue weighted by Crippen LogP contribution is 2.32. The Balaban J connectivity index is 1.81. The normalized spacial score (nSPS) is 29.3. The number of nitrogens with zero attached hydrogens (tertiary/aromatic N) is 2. The second-order valence-electron chi connectivity index (χ2n) is 7.59. The quantitative estimate of drug-likeness (QED) is 0.728. The highest BCUT2D eigenvalue weighted by Gasteiger charge is 2.39. The Morgan fingerprint density at radius 3 is 2.46 bits per heavy atom. The Labute approximate surface area is 155 Å². The van der Waals surface area contributed by atoms with Crippen molar-refractivity contribution in [3.63, 3.8) is 0 Å². The Morgan fingerprint density at radius 1 is 1.12 bits per heavy atom. The van der Waals surface area contributed by atoms with Gasteiger partial charge >= 0.3 is 0 Å². The predicted octanol–water partition coefficient (Wildman–Crippen LogP) is 0.961. The molecule has 4 unspecified atom stereocenters. The molecule has 2 saturated heterocycles. The largest absolute Gasteiger partial charge is 0.390 e. The van der Waals surface area contributed by atoms with Crippen molar-refractivity contribution in [3.05, 3.63) is 35.9 Å². The van der Waals surface area contributed by atoms with Crippen molar-refractivity contribution in [1.82, 2.24) is 15.1 Å². The van der Waals surface area contributed by atoms with Gasteiger partial charge in [0.2, 0.25) is 5.91 Å². The molecule has 2 heterocycles. The molecule has 6 heteroatoms. The smallest absolute Gasteiger partial charge is 0.216 e. The molecule has 6 nitrogen and oxygen atoms in total. The van der Waals surface area contributed by atoms with Crippen LogP contribution in [0.3, 0.4) is 0 Å². The molecule has 3 N–H and O–H groups in total. The predicted molar refractivity (Wildman–Crippen MR) is 100 cm³/mol. The van der Waals surface area contributed by atoms with Crippen molar-refractivity contribution in [2.45, 2.75) is 44.6 Å². The molecule has 3 rings (SSSR count). The van der Waals surface area contributed by atoms with Crippen LogP contribution in [0.25, 0.3) is 0 Å². The van der Waals surface area contributed by atoms with Crippen molar-refractivity contribution in [2.24, 2.45) is 5.92 Å². The fraction of sp³-hybridized carbons (Fsp3) is 0.650. The van der Waals surface area contributed by atoms with Gasteiger partial charge in [-0.3, -0.25) is 14.6 Å². The Hall–Kier alpha value is -1.47. The number of hydrogen-bond acceptors (Lipinski definition) is 5. The summed E-state index contributed by atoms with van der Waals surface area (Å²) in [5, 5.41) is 23.6. The van der Waals surface area contributed by atoms with Gasteiger partial charge in [0.15, 0.2) is 0 Å². The number of piperidine rings is 2. The maximum atomic E-state index is 11.3. The fourth-order valence-corrected chi connectivity index (χ4v) is 4.25. The van der Waals surface area contributed by atoms with E-state index < -0.39 is 12.2 Å². The zero-order valence-corrected chi connectivity index (χ0v) is 15.6. The van der Waals surface area contributed by atoms with Gasteiger partial charge < -0.3 is 15.5 Å². The summed E-state index contributed by atoms with van der Waals surface area (Å²) in [7, 11) is 0. The Morgan fingerprint density at radius 2 is 1.81 bits per heavy atom. The highest BCUT2D eigenvalue weighted by atomic mass is 16.3. The monoisotopic (exact) mass is 361 g/mol. The van der Waals surface area contributed by atoms with E-state index >= 15 is 0 Å². The Kier molecular flexibility index (Phi) is 6.64. The number of carbonyl (C=O) groups excluding carboxylic acids is 1. The second-order valence-corrected chi connectivity index (χ2v) is 7.59. The lowest BCUT2D eigenvalue weighted by molar-refractivity contribution is -0.122. The molecule has 4 atom stereocenters. The van der Waals surface area contributed by atoms with Gasteiger partial charge in [-0.15, -0.1) is 0 Å². The van der Waals surface area contributed by atoms with Gasteiger partial charge in [-0.25, -0.2) is 0 Å². The van der Waals surface area contributed by atoms with Crippen molar-refractivity contribution in [1.29, 1.82) is 0 Å². The zero-order valence-electron chi connectivity index (χ0n) is 15.6. The lowest BCUT2D eigenvalue weighted by atomic mass is 9.91. The van der Waals surface area contributed by atoms with Crippen LogP contribution in [0, 0.1) is 5.92 Å². The minimum atomic E-state index is -0.809. The fourth-order valence-electron chi connectivity index (χ4n) is 4.25. The molecule has 2 aliphatic rings. The van der Waals surface area contributed by atoms with E-state index in [0.29, 0.717) is 19.6 Å². The van der Waals surface area contributed by atoms with Crippen LogP contribution in [0.2, 0.25) is 0 Å². The van der Waals surface area contributed by atoms with Crippen LogP contribution in [0.4, 0.5) is 0 Å². The van der Waals surface area contributed by atoms with Crippen LogP contribution < -0.4 is 5.32 Å². The van der Waals surface area contributed by atoms with E-state index in [4.69, 9.17) is 0 Å². The number of nitrogens with one attached hydrogen (secondary N) is 1. The zero-order chi connectivity index (χ0) is 18.5. The van der Waals surface area contributed by atoms with Gasteiger partial charge in [0.1, 0.15) is 0 Å². The lowest BCUT2D eigenvalue weighted by Crippen LogP contribution is -2.58. The van der Waals surface area contributed by atoms with E-state index in [1.165, 1.54) is 31.7 Å². The molecule has 1 amide bonds. The summed E-state index contributed by atoms with van der Waals surface area (Å²) >= 11 is 0. The Bertz CT molecular complexity index is 577. The average Bonchev–Trinajstić information content (AvgIpc) is 2.65. The van der Waals surface area contributed by atoms with Gasteiger partial charge in [-0.05, 0) is 31.5 Å². The highest BCUT2D eigenvalue weighted by molar-refractivity contribution is 5.72. The first-order chi connectivity index (χ1) is 12.6. The van der Waals surface area contributed by atoms with E-state index in [1.54, 1.807) is 0 Å². The van der Waals surface area contributed by atoms with Gasteiger partial charge in [-0.2, -0.15) is 0 Å². The molecule has 0 radical (unpaired) electrons. The first kappa shape index (κ1) is 19.3. The summed E-state index contributed by atoms with van der Waals surface area (Å²) in [4.78, 5) is 16.0. The number of benzene rings is 1. The summed E-state index contributed by atoms with van der Waals surface area (Å²) in [5.74, 6) is -0.293. The summed E-state index contributed by atoms with van der Waals surface area (Å²) in [6.45, 7) is 5.04. The summed E-state index contributed by atoms with van der Waals surface area (Å²) in [6, 6.07) is 10.4. The molecule has 144 valence electrons. The summed E-state index contributed by atoms with van der Waals surface area (Å²) in [5.41, 5.74) is 1.22. The van der Waals surface area contributed by atoms with E-state index in [9.17, 15) is 15.0 Å². The first-order valence-corrected chi connectivity index (χ1v) is 9.70. The number of β-amino-alcohol motifs (C(OH)–C–C–N with tert-alkyl or cyclic N) is 1. The maximum Gasteiger partial charge on any atom is 0.216 e. The topological polar surface area (TPSA) is 76.0 Å². The average molecular weight is 361 g/mol. The van der Waals surface area contributed by atoms with E-state index in [0.717, 1.165) is 13.1 Å². The molecule has 1 aromatic carbocycles. The summed E-state index contributed by atoms with van der Waals surface area (Å²) in [6.07, 6.45) is 2.13. The molecular weight excluding hydrogens is 330 g/mol. The second kappa shape index (κ2) is 8.95. The van der Waals surface area contributed by atoms with Crippen LogP contribution >= 0.6 is 0 Å². The number of aliphatic hydroxyl groups is 2. The van der Waals surface area contributed by atoms with E-state index in [-0.39, 0.29) is 18.0 Å². The van der Waals surface area contributed by atoms with Crippen LogP contribution in [0.15, 0.2) is 30.3 Å². The molecule has 26 heavy (non-hydrogen) atoms. The molecule has 0 saturated carbocycles. The van der Waals surface area contributed by atoms with Crippen LogP contribution in [0.1, 0.15) is 37.9 Å². The van der Waals surface area contributed by atoms with Crippen LogP contribution in [-0.2, 0) is 4.79 Å². The van der Waals surface area contributed by atoms with Gasteiger partial charge in [0, 0.05) is 32.5 Å². The van der Waals surface area contributed by atoms with Crippen molar-refractivity contribution < 1.29 is 15.0 Å². The van der Waals surface area contributed by atoms with Gasteiger partial charge in [-0.1, -0.05) is 36.8 Å². The molecule has 1 aromatic rings. The molecular formula is C20H31N3O3. The third-order valence-electron chi connectivity index (χ3n) is 5.56. The van der Waals surface area contributed by atoms with Crippen LogP contribution in [-0.4, -0.2) is 70.9 Å². The number of carbonyl (C=O) groups is 1.